The van der Waals surface area contributed by atoms with Crippen LogP contribution in [0.1, 0.15) is 57.4 Å². The van der Waals surface area contributed by atoms with Gasteiger partial charge in [-0.3, -0.25) is 4.79 Å². The summed E-state index contributed by atoms with van der Waals surface area (Å²) in [6.07, 6.45) is 5.18. The molecule has 1 aromatic carbocycles. The van der Waals surface area contributed by atoms with Gasteiger partial charge in [-0.15, -0.1) is 21.8 Å². The molecule has 0 saturated heterocycles. The van der Waals surface area contributed by atoms with E-state index in [-0.39, 0.29) is 10.8 Å². The van der Waals surface area contributed by atoms with Crippen molar-refractivity contribution in [2.75, 3.05) is 7.11 Å². The summed E-state index contributed by atoms with van der Waals surface area (Å²) in [4.78, 5) is 13.0. The molecule has 0 spiro atoms. The lowest BCUT2D eigenvalue weighted by molar-refractivity contribution is -0.176. The Bertz CT molecular complexity index is 911. The van der Waals surface area contributed by atoms with Crippen molar-refractivity contribution >= 4 is 17.6 Å². The Morgan fingerprint density at radius 2 is 1.86 bits per heavy atom. The van der Waals surface area contributed by atoms with Gasteiger partial charge in [0.2, 0.25) is 5.89 Å². The number of ether oxygens (including phenoxy) is 2. The van der Waals surface area contributed by atoms with Crippen molar-refractivity contribution in [3.05, 3.63) is 30.2 Å². The monoisotopic (exact) mass is 416 g/mol. The van der Waals surface area contributed by atoms with Crippen LogP contribution in [0.2, 0.25) is 0 Å². The fourth-order valence-corrected chi connectivity index (χ4v) is 6.67. The Labute approximate surface area is 174 Å². The average molecular weight is 417 g/mol. The lowest BCUT2D eigenvalue weighted by atomic mass is 9.49. The van der Waals surface area contributed by atoms with E-state index in [0.717, 1.165) is 43.4 Å². The van der Waals surface area contributed by atoms with Crippen LogP contribution in [0.5, 0.6) is 5.75 Å². The summed E-state index contributed by atoms with van der Waals surface area (Å²) in [5, 5.41) is 8.20. The SMILES string of the molecule is COc1ccc(-c2nnc([C@H](C)OC(=O)C34C[C@@H]5C[C@@H](CC(Cl)(C5)C3)C4)o2)cc1. The highest BCUT2D eigenvalue weighted by Crippen LogP contribution is 2.64. The van der Waals surface area contributed by atoms with Crippen molar-refractivity contribution in [3.8, 4) is 17.2 Å². The molecule has 4 aliphatic rings. The third kappa shape index (κ3) is 3.31. The van der Waals surface area contributed by atoms with Crippen LogP contribution < -0.4 is 4.74 Å². The van der Waals surface area contributed by atoms with Crippen LogP contribution in [0.3, 0.4) is 0 Å². The summed E-state index contributed by atoms with van der Waals surface area (Å²) >= 11 is 6.85. The van der Waals surface area contributed by atoms with E-state index >= 15 is 0 Å². The molecule has 4 bridgehead atoms. The maximum atomic E-state index is 13.2. The number of esters is 1. The Hall–Kier alpha value is -2.08. The molecule has 2 unspecified atom stereocenters. The summed E-state index contributed by atoms with van der Waals surface area (Å²) in [5.74, 6) is 2.37. The molecule has 0 radical (unpaired) electrons. The van der Waals surface area contributed by atoms with Crippen molar-refractivity contribution < 1.29 is 18.7 Å². The smallest absolute Gasteiger partial charge is 0.312 e. The number of aromatic nitrogens is 2. The first-order chi connectivity index (χ1) is 13.9. The molecule has 6 nitrogen and oxygen atoms in total. The quantitative estimate of drug-likeness (QED) is 0.508. The first kappa shape index (κ1) is 18.9. The minimum atomic E-state index is -0.596. The van der Waals surface area contributed by atoms with E-state index in [4.69, 9.17) is 25.5 Å². The van der Waals surface area contributed by atoms with Gasteiger partial charge in [0.05, 0.1) is 12.5 Å². The van der Waals surface area contributed by atoms with Gasteiger partial charge in [-0.2, -0.15) is 0 Å². The highest BCUT2D eigenvalue weighted by molar-refractivity contribution is 6.24. The lowest BCUT2D eigenvalue weighted by Gasteiger charge is -2.58. The molecule has 0 aliphatic heterocycles. The molecule has 154 valence electrons. The number of rotatable bonds is 5. The van der Waals surface area contributed by atoms with Gasteiger partial charge in [-0.05, 0) is 81.5 Å². The van der Waals surface area contributed by atoms with Gasteiger partial charge >= 0.3 is 5.97 Å². The molecular weight excluding hydrogens is 392 g/mol. The predicted octanol–water partition coefficient (Wildman–Crippen LogP) is 4.93. The highest BCUT2D eigenvalue weighted by Gasteiger charge is 2.61. The number of halogens is 1. The van der Waals surface area contributed by atoms with Gasteiger partial charge in [0.15, 0.2) is 6.10 Å². The summed E-state index contributed by atoms with van der Waals surface area (Å²) in [6, 6.07) is 7.36. The Balaban J connectivity index is 1.30. The standard InChI is InChI=1S/C22H25ClN2O4/c1-13(18-24-25-19(29-18)16-3-5-17(27-2)6-4-16)28-20(26)21-8-14-7-15(9-21)11-22(23,10-14)12-21/h3-6,13-15H,7-12H2,1-2H3/t13-,14-,15+,21?,22?/m0/s1. The minimum Gasteiger partial charge on any atom is -0.497 e. The molecule has 4 fully saturated rings. The molecule has 29 heavy (non-hydrogen) atoms. The van der Waals surface area contributed by atoms with Gasteiger partial charge in [0.1, 0.15) is 5.75 Å². The zero-order chi connectivity index (χ0) is 20.2. The van der Waals surface area contributed by atoms with Crippen LogP contribution in [0.15, 0.2) is 28.7 Å². The summed E-state index contributed by atoms with van der Waals surface area (Å²) in [6.45, 7) is 1.78. The molecule has 4 saturated carbocycles. The molecular formula is C22H25ClN2O4. The van der Waals surface area contributed by atoms with Crippen LogP contribution in [0.4, 0.5) is 0 Å². The highest BCUT2D eigenvalue weighted by atomic mass is 35.5. The van der Waals surface area contributed by atoms with E-state index in [1.807, 2.05) is 24.3 Å². The van der Waals surface area contributed by atoms with Crippen LogP contribution in [0, 0.1) is 17.3 Å². The van der Waals surface area contributed by atoms with E-state index < -0.39 is 11.5 Å². The van der Waals surface area contributed by atoms with Gasteiger partial charge in [0.25, 0.3) is 5.89 Å². The van der Waals surface area contributed by atoms with E-state index in [9.17, 15) is 4.79 Å². The normalized spacial score (nSPS) is 33.5. The fourth-order valence-electron chi connectivity index (χ4n) is 5.97. The first-order valence-electron chi connectivity index (χ1n) is 10.3. The van der Waals surface area contributed by atoms with Gasteiger partial charge < -0.3 is 13.9 Å². The largest absolute Gasteiger partial charge is 0.497 e. The molecule has 4 aliphatic carbocycles. The zero-order valence-corrected chi connectivity index (χ0v) is 17.4. The molecule has 2 aromatic rings. The molecule has 6 rings (SSSR count). The first-order valence-corrected chi connectivity index (χ1v) is 10.6. The predicted molar refractivity (Wildman–Crippen MR) is 106 cm³/mol. The number of nitrogens with zero attached hydrogens (tertiary/aromatic N) is 2. The van der Waals surface area contributed by atoms with Gasteiger partial charge in [-0.1, -0.05) is 0 Å². The van der Waals surface area contributed by atoms with Gasteiger partial charge in [0, 0.05) is 10.4 Å². The summed E-state index contributed by atoms with van der Waals surface area (Å²) < 4.78 is 16.8. The number of alkyl halides is 1. The fraction of sp³-hybridized carbons (Fsp3) is 0.591. The van der Waals surface area contributed by atoms with E-state index in [0.29, 0.717) is 23.6 Å². The number of methoxy groups -OCH3 is 1. The molecule has 0 N–H and O–H groups in total. The van der Waals surface area contributed by atoms with Crippen LogP contribution in [0.25, 0.3) is 11.5 Å². The third-order valence-corrected chi connectivity index (χ3v) is 7.27. The minimum absolute atomic E-state index is 0.159. The van der Waals surface area contributed by atoms with E-state index in [1.54, 1.807) is 14.0 Å². The Morgan fingerprint density at radius 3 is 2.48 bits per heavy atom. The topological polar surface area (TPSA) is 74.5 Å². The second kappa shape index (κ2) is 6.73. The second-order valence-electron chi connectivity index (χ2n) is 9.11. The second-order valence-corrected chi connectivity index (χ2v) is 9.92. The molecule has 0 amide bonds. The number of carbonyl (C=O) groups is 1. The van der Waals surface area contributed by atoms with Gasteiger partial charge in [-0.25, -0.2) is 0 Å². The van der Waals surface area contributed by atoms with Crippen LogP contribution in [-0.4, -0.2) is 28.2 Å². The van der Waals surface area contributed by atoms with Crippen LogP contribution >= 0.6 is 11.6 Å². The molecule has 1 aromatic heterocycles. The maximum Gasteiger partial charge on any atom is 0.312 e. The van der Waals surface area contributed by atoms with E-state index in [1.165, 1.54) is 6.42 Å². The Kier molecular flexibility index (Phi) is 4.39. The van der Waals surface area contributed by atoms with Crippen molar-refractivity contribution in [1.82, 2.24) is 10.2 Å². The van der Waals surface area contributed by atoms with Crippen molar-refractivity contribution in [2.24, 2.45) is 17.3 Å². The summed E-state index contributed by atoms with van der Waals surface area (Å²) in [7, 11) is 1.62. The number of hydrogen-bond acceptors (Lipinski definition) is 6. The number of hydrogen-bond donors (Lipinski definition) is 0. The number of carbonyl (C=O) groups excluding carboxylic acids is 1. The third-order valence-electron chi connectivity index (χ3n) is 6.83. The molecule has 5 atom stereocenters. The molecule has 1 heterocycles. The van der Waals surface area contributed by atoms with Crippen molar-refractivity contribution in [3.63, 3.8) is 0 Å². The molecule has 7 heteroatoms. The number of benzene rings is 1. The van der Waals surface area contributed by atoms with Crippen molar-refractivity contribution in [2.45, 2.75) is 56.4 Å². The summed E-state index contributed by atoms with van der Waals surface area (Å²) in [5.41, 5.74) is 0.340. The van der Waals surface area contributed by atoms with Crippen LogP contribution in [-0.2, 0) is 9.53 Å². The Morgan fingerprint density at radius 1 is 1.17 bits per heavy atom. The maximum absolute atomic E-state index is 13.2. The zero-order valence-electron chi connectivity index (χ0n) is 16.7. The van der Waals surface area contributed by atoms with Crippen molar-refractivity contribution in [1.29, 1.82) is 0 Å². The average Bonchev–Trinajstić information content (AvgIpc) is 3.16. The lowest BCUT2D eigenvalue weighted by Crippen LogP contribution is -2.56. The van der Waals surface area contributed by atoms with E-state index in [2.05, 4.69) is 10.2 Å².